The van der Waals surface area contributed by atoms with Crippen LogP contribution in [0.2, 0.25) is 0 Å². The minimum atomic E-state index is -0.654. The van der Waals surface area contributed by atoms with E-state index in [0.29, 0.717) is 11.5 Å². The second-order valence-corrected chi connectivity index (χ2v) is 9.90. The number of unbranched alkanes of at least 4 members (excludes halogenated alkanes) is 4. The van der Waals surface area contributed by atoms with E-state index in [1.165, 1.54) is 0 Å². The molecule has 0 radical (unpaired) electrons. The maximum atomic E-state index is 12.3. The lowest BCUT2D eigenvalue weighted by molar-refractivity contribution is 0.400. The van der Waals surface area contributed by atoms with Gasteiger partial charge in [0.15, 0.2) is 0 Å². The number of benzene rings is 2. The molecule has 0 bridgehead atoms. The molecule has 3 aromatic carbocycles. The predicted octanol–water partition coefficient (Wildman–Crippen LogP) is 7.68. The molecule has 0 aliphatic heterocycles. The van der Waals surface area contributed by atoms with Gasteiger partial charge in [-0.2, -0.15) is 0 Å². The zero-order valence-electron chi connectivity index (χ0n) is 23.6. The minimum Gasteiger partial charge on any atom is -0.449 e. The van der Waals surface area contributed by atoms with E-state index in [1.807, 2.05) is 48.5 Å². The first-order chi connectivity index (χ1) is 18.5. The van der Waals surface area contributed by atoms with E-state index in [0.717, 1.165) is 88.9 Å². The van der Waals surface area contributed by atoms with Gasteiger partial charge in [0.25, 0.3) is 10.9 Å². The van der Waals surface area contributed by atoms with Gasteiger partial charge in [-0.25, -0.2) is 0 Å². The van der Waals surface area contributed by atoms with Crippen molar-refractivity contribution < 1.29 is 9.47 Å². The van der Waals surface area contributed by atoms with Crippen LogP contribution in [-0.2, 0) is 0 Å². The largest absolute Gasteiger partial charge is 0.449 e. The van der Waals surface area contributed by atoms with Gasteiger partial charge in [-0.1, -0.05) is 53.4 Å². The Hall–Kier alpha value is -3.28. The fourth-order valence-corrected chi connectivity index (χ4v) is 4.36. The lowest BCUT2D eigenvalue weighted by Gasteiger charge is -2.25. The standard InChI is InChI=1S/C32H44N2O4/c1-5-9-21-33(22-10-6-2)25-13-17-27(18-14-25)37-31-29(35)30(36)32(31)38-28-19-15-26(16-20-28)34(23-11-7-3)24-12-8-4/h13-20H,5-12,21-24H2,1-4H3. The topological polar surface area (TPSA) is 59.1 Å². The molecule has 0 aliphatic rings. The molecular weight excluding hydrogens is 476 g/mol. The molecule has 0 unspecified atom stereocenters. The van der Waals surface area contributed by atoms with Gasteiger partial charge in [0.05, 0.1) is 0 Å². The third-order valence-electron chi connectivity index (χ3n) is 6.79. The molecular formula is C32H44N2O4. The fourth-order valence-electron chi connectivity index (χ4n) is 4.36. The molecule has 0 fully saturated rings. The van der Waals surface area contributed by atoms with Gasteiger partial charge in [-0.05, 0) is 74.2 Å². The van der Waals surface area contributed by atoms with E-state index >= 15 is 0 Å². The van der Waals surface area contributed by atoms with Crippen molar-refractivity contribution in [1.82, 2.24) is 0 Å². The summed E-state index contributed by atoms with van der Waals surface area (Å²) in [7, 11) is 0. The number of ether oxygens (including phenoxy) is 2. The molecule has 0 amide bonds. The highest BCUT2D eigenvalue weighted by Gasteiger charge is 2.26. The Bertz CT molecular complexity index is 1050. The van der Waals surface area contributed by atoms with E-state index in [9.17, 15) is 9.59 Å². The molecule has 0 heterocycles. The highest BCUT2D eigenvalue weighted by molar-refractivity contribution is 5.54. The Morgan fingerprint density at radius 2 is 0.789 bits per heavy atom. The maximum Gasteiger partial charge on any atom is 0.276 e. The summed E-state index contributed by atoms with van der Waals surface area (Å²) in [6.45, 7) is 12.8. The highest BCUT2D eigenvalue weighted by Crippen LogP contribution is 2.32. The highest BCUT2D eigenvalue weighted by atomic mass is 16.5. The van der Waals surface area contributed by atoms with Crippen LogP contribution in [-0.4, -0.2) is 26.2 Å². The van der Waals surface area contributed by atoms with Crippen LogP contribution < -0.4 is 30.1 Å². The molecule has 3 rings (SSSR count). The van der Waals surface area contributed by atoms with Crippen molar-refractivity contribution in [3.63, 3.8) is 0 Å². The molecule has 0 saturated heterocycles. The van der Waals surface area contributed by atoms with Crippen molar-refractivity contribution in [2.75, 3.05) is 36.0 Å². The van der Waals surface area contributed by atoms with E-state index in [1.54, 1.807) is 0 Å². The van der Waals surface area contributed by atoms with Crippen LogP contribution in [0.1, 0.15) is 79.1 Å². The van der Waals surface area contributed by atoms with Gasteiger partial charge in [-0.15, -0.1) is 0 Å². The van der Waals surface area contributed by atoms with Crippen molar-refractivity contribution in [2.45, 2.75) is 79.1 Å². The molecule has 38 heavy (non-hydrogen) atoms. The van der Waals surface area contributed by atoms with Crippen LogP contribution in [0, 0.1) is 0 Å². The number of anilines is 2. The Morgan fingerprint density at radius 3 is 1.05 bits per heavy atom. The van der Waals surface area contributed by atoms with E-state index < -0.39 is 10.9 Å². The van der Waals surface area contributed by atoms with Gasteiger partial charge in [0.1, 0.15) is 11.5 Å². The van der Waals surface area contributed by atoms with Crippen LogP contribution in [0.5, 0.6) is 23.0 Å². The smallest absolute Gasteiger partial charge is 0.276 e. The molecule has 0 aliphatic carbocycles. The van der Waals surface area contributed by atoms with Crippen molar-refractivity contribution in [2.24, 2.45) is 0 Å². The molecule has 0 spiro atoms. The SMILES string of the molecule is CCCCN(CCCC)c1ccc(Oc2c(Oc3ccc(N(CCCC)CCCC)cc3)c(=O)c2=O)cc1. The number of nitrogens with zero attached hydrogens (tertiary/aromatic N) is 2. The van der Waals surface area contributed by atoms with Crippen molar-refractivity contribution in [1.29, 1.82) is 0 Å². The molecule has 6 heteroatoms. The Morgan fingerprint density at radius 1 is 0.500 bits per heavy atom. The van der Waals surface area contributed by atoms with Gasteiger partial charge < -0.3 is 19.3 Å². The zero-order chi connectivity index (χ0) is 27.3. The summed E-state index contributed by atoms with van der Waals surface area (Å²) in [5.74, 6) is 0.949. The maximum absolute atomic E-state index is 12.3. The number of rotatable bonds is 18. The van der Waals surface area contributed by atoms with Crippen LogP contribution in [0.3, 0.4) is 0 Å². The first-order valence-corrected chi connectivity index (χ1v) is 14.4. The lowest BCUT2D eigenvalue weighted by Crippen LogP contribution is -2.32. The summed E-state index contributed by atoms with van der Waals surface area (Å²) in [5, 5.41) is 0. The van der Waals surface area contributed by atoms with Crippen LogP contribution >= 0.6 is 0 Å². The van der Waals surface area contributed by atoms with Crippen LogP contribution in [0.4, 0.5) is 11.4 Å². The predicted molar refractivity (Wildman–Crippen MR) is 158 cm³/mol. The van der Waals surface area contributed by atoms with E-state index in [4.69, 9.17) is 9.47 Å². The summed E-state index contributed by atoms with van der Waals surface area (Å²) >= 11 is 0. The third-order valence-corrected chi connectivity index (χ3v) is 6.79. The minimum absolute atomic E-state index is 0.0341. The monoisotopic (exact) mass is 520 g/mol. The number of hydrogen-bond donors (Lipinski definition) is 0. The molecule has 206 valence electrons. The average molecular weight is 521 g/mol. The van der Waals surface area contributed by atoms with Crippen molar-refractivity contribution in [3.05, 3.63) is 69.0 Å². The average Bonchev–Trinajstić information content (AvgIpc) is 2.95. The lowest BCUT2D eigenvalue weighted by atomic mass is 10.2. The first kappa shape index (κ1) is 29.3. The Labute approximate surface area is 227 Å². The van der Waals surface area contributed by atoms with Gasteiger partial charge in [0, 0.05) is 37.6 Å². The van der Waals surface area contributed by atoms with Crippen LogP contribution in [0.25, 0.3) is 0 Å². The van der Waals surface area contributed by atoms with Crippen molar-refractivity contribution >= 4 is 11.4 Å². The molecule has 0 saturated carbocycles. The van der Waals surface area contributed by atoms with E-state index in [-0.39, 0.29) is 11.5 Å². The molecule has 0 aromatic heterocycles. The third kappa shape index (κ3) is 7.86. The summed E-state index contributed by atoms with van der Waals surface area (Å²) in [5.41, 5.74) is 0.956. The first-order valence-electron chi connectivity index (χ1n) is 14.4. The second kappa shape index (κ2) is 15.2. The molecule has 0 atom stereocenters. The van der Waals surface area contributed by atoms with Gasteiger partial charge in [-0.3, -0.25) is 9.59 Å². The summed E-state index contributed by atoms with van der Waals surface area (Å²) in [6.07, 6.45) is 9.16. The molecule has 6 nitrogen and oxygen atoms in total. The zero-order valence-corrected chi connectivity index (χ0v) is 23.6. The summed E-state index contributed by atoms with van der Waals surface area (Å²) in [6, 6.07) is 15.4. The molecule has 3 aromatic rings. The number of hydrogen-bond acceptors (Lipinski definition) is 6. The van der Waals surface area contributed by atoms with E-state index in [2.05, 4.69) is 37.5 Å². The van der Waals surface area contributed by atoms with Gasteiger partial charge >= 0.3 is 0 Å². The second-order valence-electron chi connectivity index (χ2n) is 9.90. The quantitative estimate of drug-likeness (QED) is 0.160. The van der Waals surface area contributed by atoms with Crippen LogP contribution in [0.15, 0.2) is 58.1 Å². The Kier molecular flexibility index (Phi) is 11.7. The summed E-state index contributed by atoms with van der Waals surface area (Å²) in [4.78, 5) is 29.4. The molecule has 0 N–H and O–H groups in total. The van der Waals surface area contributed by atoms with Gasteiger partial charge in [0.2, 0.25) is 11.5 Å². The van der Waals surface area contributed by atoms with Crippen molar-refractivity contribution in [3.8, 4) is 23.0 Å². The summed E-state index contributed by atoms with van der Waals surface area (Å²) < 4.78 is 11.6. The Balaban J connectivity index is 1.69. The fraction of sp³-hybridized carbons (Fsp3) is 0.500. The normalized spacial score (nSPS) is 11.1.